The van der Waals surface area contributed by atoms with Crippen LogP contribution in [0, 0.1) is 12.7 Å². The Kier molecular flexibility index (Phi) is 2.59. The minimum atomic E-state index is -0.235. The Hall–Kier alpha value is -2.16. The van der Waals surface area contributed by atoms with Crippen LogP contribution in [0.2, 0.25) is 0 Å². The third-order valence-electron chi connectivity index (χ3n) is 3.00. The van der Waals surface area contributed by atoms with Gasteiger partial charge in [-0.25, -0.2) is 4.39 Å². The molecule has 18 heavy (non-hydrogen) atoms. The van der Waals surface area contributed by atoms with E-state index in [2.05, 4.69) is 0 Å². The molecule has 0 atom stereocenters. The number of aryl methyl sites for hydroxylation is 1. The van der Waals surface area contributed by atoms with Crippen LogP contribution in [0.5, 0.6) is 5.75 Å². The van der Waals surface area contributed by atoms with Crippen LogP contribution in [0.1, 0.15) is 11.1 Å². The molecule has 1 aliphatic rings. The van der Waals surface area contributed by atoms with Gasteiger partial charge in [0.05, 0.1) is 5.56 Å². The second-order valence-corrected chi connectivity index (χ2v) is 4.35. The molecule has 0 aliphatic carbocycles. The van der Waals surface area contributed by atoms with E-state index in [0.717, 1.165) is 22.6 Å². The fourth-order valence-electron chi connectivity index (χ4n) is 2.16. The van der Waals surface area contributed by atoms with Crippen molar-refractivity contribution in [3.63, 3.8) is 0 Å². The minimum absolute atomic E-state index is 0.235. The Balaban J connectivity index is 2.09. The lowest BCUT2D eigenvalue weighted by Gasteiger charge is -2.15. The quantitative estimate of drug-likeness (QED) is 0.699. The molecule has 2 nitrogen and oxygen atoms in total. The number of rotatable bonds is 1. The molecule has 0 unspecified atom stereocenters. The van der Waals surface area contributed by atoms with E-state index in [4.69, 9.17) is 4.74 Å². The van der Waals surface area contributed by atoms with Gasteiger partial charge in [-0.3, -0.25) is 0 Å². The summed E-state index contributed by atoms with van der Waals surface area (Å²) in [5, 5.41) is 0. The molecule has 90 valence electrons. The lowest BCUT2D eigenvalue weighted by molar-refractivity contribution is -0.476. The van der Waals surface area contributed by atoms with E-state index < -0.39 is 0 Å². The first-order chi connectivity index (χ1) is 8.74. The summed E-state index contributed by atoms with van der Waals surface area (Å²) in [6.45, 7) is 2.30. The first-order valence-corrected chi connectivity index (χ1v) is 5.83. The monoisotopic (exact) mass is 242 g/mol. The molecule has 0 aromatic heterocycles. The molecule has 3 heteroatoms. The van der Waals surface area contributed by atoms with Gasteiger partial charge in [-0.2, -0.15) is 4.58 Å². The lowest BCUT2D eigenvalue weighted by atomic mass is 10.1. The minimum Gasteiger partial charge on any atom is -0.435 e. The summed E-state index contributed by atoms with van der Waals surface area (Å²) in [5.41, 5.74) is 2.64. The lowest BCUT2D eigenvalue weighted by Crippen LogP contribution is -2.21. The van der Waals surface area contributed by atoms with Gasteiger partial charge in [-0.1, -0.05) is 18.2 Å². The summed E-state index contributed by atoms with van der Waals surface area (Å²) in [6, 6.07) is 12.9. The molecule has 0 saturated heterocycles. The van der Waals surface area contributed by atoms with Crippen LogP contribution in [0.4, 0.5) is 10.1 Å². The van der Waals surface area contributed by atoms with Gasteiger partial charge < -0.3 is 4.74 Å². The molecular weight excluding hydrogens is 229 g/mol. The van der Waals surface area contributed by atoms with E-state index in [9.17, 15) is 4.39 Å². The number of fused-ring (bicyclic) bond motifs is 1. The van der Waals surface area contributed by atoms with Crippen molar-refractivity contribution in [3.8, 4) is 5.75 Å². The summed E-state index contributed by atoms with van der Waals surface area (Å²) in [6.07, 6.45) is 1.92. The molecule has 3 rings (SSSR count). The Labute approximate surface area is 105 Å². The topological polar surface area (TPSA) is 12.2 Å². The Morgan fingerprint density at radius 3 is 2.72 bits per heavy atom. The standard InChI is InChI=1S/C15H13FNO/c1-11-7-13(16)8-12-9-17(10-18-15(11)12)14-5-3-2-4-6-14/h2-9H,10H2,1H3/q+1. The van der Waals surface area contributed by atoms with E-state index in [0.29, 0.717) is 6.73 Å². The third kappa shape index (κ3) is 1.88. The molecule has 0 spiro atoms. The van der Waals surface area contributed by atoms with Crippen LogP contribution in [0.25, 0.3) is 0 Å². The first kappa shape index (κ1) is 11.0. The van der Waals surface area contributed by atoms with Crippen molar-refractivity contribution in [1.82, 2.24) is 0 Å². The average molecular weight is 242 g/mol. The molecule has 1 heterocycles. The number of hydrogen-bond donors (Lipinski definition) is 0. The maximum atomic E-state index is 13.4. The van der Waals surface area contributed by atoms with Crippen molar-refractivity contribution in [3.05, 3.63) is 59.4 Å². The van der Waals surface area contributed by atoms with Crippen molar-refractivity contribution >= 4 is 11.9 Å². The van der Waals surface area contributed by atoms with Gasteiger partial charge >= 0.3 is 0 Å². The third-order valence-corrected chi connectivity index (χ3v) is 3.00. The normalized spacial score (nSPS) is 13.6. The van der Waals surface area contributed by atoms with Crippen molar-refractivity contribution < 1.29 is 13.7 Å². The number of hydrogen-bond acceptors (Lipinski definition) is 1. The summed E-state index contributed by atoms with van der Waals surface area (Å²) in [7, 11) is 0. The summed E-state index contributed by atoms with van der Waals surface area (Å²) in [4.78, 5) is 0. The van der Waals surface area contributed by atoms with Gasteiger partial charge in [0, 0.05) is 12.1 Å². The molecule has 0 fully saturated rings. The molecule has 0 saturated carbocycles. The van der Waals surface area contributed by atoms with Crippen LogP contribution >= 0.6 is 0 Å². The fourth-order valence-corrected chi connectivity index (χ4v) is 2.16. The van der Waals surface area contributed by atoms with Crippen molar-refractivity contribution in [1.29, 1.82) is 0 Å². The fraction of sp³-hybridized carbons (Fsp3) is 0.133. The van der Waals surface area contributed by atoms with Gasteiger partial charge in [0.2, 0.25) is 5.69 Å². The highest BCUT2D eigenvalue weighted by atomic mass is 19.1. The van der Waals surface area contributed by atoms with Crippen molar-refractivity contribution in [2.75, 3.05) is 6.73 Å². The summed E-state index contributed by atoms with van der Waals surface area (Å²) in [5.74, 6) is 0.532. The van der Waals surface area contributed by atoms with Gasteiger partial charge in [0.25, 0.3) is 6.73 Å². The zero-order valence-corrected chi connectivity index (χ0v) is 10.1. The number of para-hydroxylation sites is 1. The van der Waals surface area contributed by atoms with E-state index in [1.165, 1.54) is 12.1 Å². The van der Waals surface area contributed by atoms with Crippen molar-refractivity contribution in [2.45, 2.75) is 6.92 Å². The second kappa shape index (κ2) is 4.26. The van der Waals surface area contributed by atoms with E-state index >= 15 is 0 Å². The molecule has 2 aromatic carbocycles. The number of nitrogens with zero attached hydrogens (tertiary/aromatic N) is 1. The highest BCUT2D eigenvalue weighted by Crippen LogP contribution is 2.27. The van der Waals surface area contributed by atoms with Gasteiger partial charge in [-0.05, 0) is 24.6 Å². The molecule has 0 bridgehead atoms. The number of ether oxygens (including phenoxy) is 1. The molecule has 0 amide bonds. The predicted octanol–water partition coefficient (Wildman–Crippen LogP) is 3.25. The van der Waals surface area contributed by atoms with E-state index in [-0.39, 0.29) is 5.82 Å². The largest absolute Gasteiger partial charge is 0.435 e. The predicted molar refractivity (Wildman–Crippen MR) is 68.2 cm³/mol. The molecule has 1 aliphatic heterocycles. The molecule has 2 aromatic rings. The van der Waals surface area contributed by atoms with E-state index in [1.807, 2.05) is 48.0 Å². The highest BCUT2D eigenvalue weighted by molar-refractivity contribution is 5.82. The SMILES string of the molecule is Cc1cc(F)cc2c1OC[N+](c1ccccc1)=C2. The van der Waals surface area contributed by atoms with Crippen molar-refractivity contribution in [2.24, 2.45) is 0 Å². The zero-order valence-electron chi connectivity index (χ0n) is 10.1. The van der Waals surface area contributed by atoms with Crippen LogP contribution in [-0.2, 0) is 0 Å². The smallest absolute Gasteiger partial charge is 0.292 e. The number of benzene rings is 2. The van der Waals surface area contributed by atoms with Crippen LogP contribution < -0.4 is 4.74 Å². The first-order valence-electron chi connectivity index (χ1n) is 5.83. The Morgan fingerprint density at radius 2 is 1.94 bits per heavy atom. The van der Waals surface area contributed by atoms with Gasteiger partial charge in [-0.15, -0.1) is 0 Å². The second-order valence-electron chi connectivity index (χ2n) is 4.35. The van der Waals surface area contributed by atoms with Crippen LogP contribution in [0.15, 0.2) is 42.5 Å². The highest BCUT2D eigenvalue weighted by Gasteiger charge is 2.20. The van der Waals surface area contributed by atoms with Crippen LogP contribution in [0.3, 0.4) is 0 Å². The zero-order chi connectivity index (χ0) is 12.5. The van der Waals surface area contributed by atoms with Crippen LogP contribution in [-0.4, -0.2) is 17.5 Å². The maximum Gasteiger partial charge on any atom is 0.292 e. The molecule has 0 radical (unpaired) electrons. The maximum absolute atomic E-state index is 13.4. The summed E-state index contributed by atoms with van der Waals surface area (Å²) >= 11 is 0. The van der Waals surface area contributed by atoms with Gasteiger partial charge in [0.15, 0.2) is 6.21 Å². The summed E-state index contributed by atoms with van der Waals surface area (Å²) < 4.78 is 21.1. The average Bonchev–Trinajstić information content (AvgIpc) is 2.39. The van der Waals surface area contributed by atoms with E-state index in [1.54, 1.807) is 0 Å². The Morgan fingerprint density at radius 1 is 1.17 bits per heavy atom. The molecule has 0 N–H and O–H groups in total. The Bertz CT molecular complexity index is 620. The molecular formula is C15H13FNO+. The van der Waals surface area contributed by atoms with Gasteiger partial charge in [0.1, 0.15) is 11.6 Å². The number of halogens is 1.